The molecule has 212 valence electrons. The first kappa shape index (κ1) is 26.8. The molecule has 4 aromatic carbocycles. The van der Waals surface area contributed by atoms with Crippen molar-refractivity contribution in [2.24, 2.45) is 0 Å². The van der Waals surface area contributed by atoms with Gasteiger partial charge in [0.15, 0.2) is 11.3 Å². The molecule has 0 aliphatic heterocycles. The van der Waals surface area contributed by atoms with Gasteiger partial charge in [-0.1, -0.05) is 84.9 Å². The van der Waals surface area contributed by atoms with Crippen molar-refractivity contribution in [3.8, 4) is 51.1 Å². The zero-order valence-electron chi connectivity index (χ0n) is 24.4. The average molecular weight is 587 g/mol. The molecule has 0 saturated carbocycles. The summed E-state index contributed by atoms with van der Waals surface area (Å²) in [5.74, 6) is 0. The topological polar surface area (TPSA) is 79.7 Å². The first-order chi connectivity index (χ1) is 22.7. The number of pyridine rings is 4. The van der Waals surface area contributed by atoms with Crippen LogP contribution in [0.15, 0.2) is 134 Å². The van der Waals surface area contributed by atoms with Gasteiger partial charge >= 0.3 is 0 Å². The Balaban J connectivity index is 1.23. The third-order valence-electron chi connectivity index (χ3n) is 8.26. The Bertz CT molecular complexity index is 2360. The Morgan fingerprint density at radius 1 is 0.543 bits per heavy atom. The van der Waals surface area contributed by atoms with Gasteiger partial charge in [0.05, 0.1) is 41.0 Å². The van der Waals surface area contributed by atoms with E-state index in [0.717, 1.165) is 72.0 Å². The van der Waals surface area contributed by atoms with Crippen LogP contribution in [0.2, 0.25) is 0 Å². The smallest absolute Gasteiger partial charge is 0.187 e. The number of benzene rings is 4. The van der Waals surface area contributed by atoms with E-state index in [9.17, 15) is 5.26 Å². The van der Waals surface area contributed by atoms with Gasteiger partial charge in [0.2, 0.25) is 0 Å². The lowest BCUT2D eigenvalue weighted by atomic mass is 9.97. The zero-order valence-corrected chi connectivity index (χ0v) is 24.4. The van der Waals surface area contributed by atoms with Crippen LogP contribution in [0, 0.1) is 17.9 Å². The highest BCUT2D eigenvalue weighted by atomic mass is 14.9. The van der Waals surface area contributed by atoms with Crippen LogP contribution in [0.3, 0.4) is 0 Å². The number of nitriles is 1. The van der Waals surface area contributed by atoms with Crippen LogP contribution in [-0.2, 0) is 0 Å². The summed E-state index contributed by atoms with van der Waals surface area (Å²) in [5, 5.41) is 14.2. The van der Waals surface area contributed by atoms with E-state index in [1.54, 1.807) is 0 Å². The van der Waals surface area contributed by atoms with E-state index in [-0.39, 0.29) is 0 Å². The van der Waals surface area contributed by atoms with E-state index < -0.39 is 0 Å². The number of fused-ring (bicyclic) bond motifs is 3. The highest BCUT2D eigenvalue weighted by Gasteiger charge is 2.15. The van der Waals surface area contributed by atoms with Crippen LogP contribution in [-0.4, -0.2) is 19.9 Å². The van der Waals surface area contributed by atoms with Crippen LogP contribution >= 0.6 is 0 Å². The van der Waals surface area contributed by atoms with Crippen molar-refractivity contribution in [3.63, 3.8) is 0 Å². The van der Waals surface area contributed by atoms with Gasteiger partial charge in [0.1, 0.15) is 0 Å². The molecule has 8 aromatic rings. The van der Waals surface area contributed by atoms with Gasteiger partial charge in [0, 0.05) is 39.7 Å². The molecule has 4 aromatic heterocycles. The molecular formula is C40H22N6. The minimum atomic E-state index is 0.607. The molecule has 0 bridgehead atoms. The number of rotatable bonds is 4. The van der Waals surface area contributed by atoms with Crippen molar-refractivity contribution < 1.29 is 0 Å². The van der Waals surface area contributed by atoms with E-state index in [1.807, 2.05) is 109 Å². The Labute approximate surface area is 264 Å². The lowest BCUT2D eigenvalue weighted by Gasteiger charge is -2.12. The molecule has 0 saturated heterocycles. The summed E-state index contributed by atoms with van der Waals surface area (Å²) in [6, 6.07) is 41.7. The van der Waals surface area contributed by atoms with E-state index in [4.69, 9.17) is 26.5 Å². The predicted octanol–water partition coefficient (Wildman–Crippen LogP) is 9.82. The maximum Gasteiger partial charge on any atom is 0.187 e. The minimum Gasteiger partial charge on any atom is -0.253 e. The molecule has 0 aliphatic carbocycles. The standard InChI is InChI=1S/C40H22N6/c1-42-29-18-14-27(15-19-29)35-24-44-39(33-9-5-3-7-31(33)35)37-21-17-28-16-20-36(45-40(28)46-37)38-32-8-4-2-6-30(32)34(23-43-38)26-12-10-25(22-41)11-13-26/h2-21,23-24H. The monoisotopic (exact) mass is 586 g/mol. The summed E-state index contributed by atoms with van der Waals surface area (Å²) >= 11 is 0. The number of nitrogens with zero attached hydrogens (tertiary/aromatic N) is 6. The van der Waals surface area contributed by atoms with Crippen molar-refractivity contribution in [1.82, 2.24) is 19.9 Å². The summed E-state index contributed by atoms with van der Waals surface area (Å²) in [6.45, 7) is 7.27. The molecule has 0 radical (unpaired) electrons. The molecule has 6 heteroatoms. The van der Waals surface area contributed by atoms with Gasteiger partial charge in [-0.3, -0.25) is 9.97 Å². The molecule has 0 aliphatic rings. The third-order valence-corrected chi connectivity index (χ3v) is 8.26. The van der Waals surface area contributed by atoms with E-state index in [0.29, 0.717) is 16.9 Å². The highest BCUT2D eigenvalue weighted by Crippen LogP contribution is 2.36. The molecule has 46 heavy (non-hydrogen) atoms. The van der Waals surface area contributed by atoms with Gasteiger partial charge < -0.3 is 0 Å². The van der Waals surface area contributed by atoms with Crippen molar-refractivity contribution >= 4 is 38.3 Å². The zero-order chi connectivity index (χ0) is 31.0. The first-order valence-corrected chi connectivity index (χ1v) is 14.7. The van der Waals surface area contributed by atoms with Gasteiger partial charge in [0.25, 0.3) is 0 Å². The van der Waals surface area contributed by atoms with Crippen molar-refractivity contribution in [3.05, 3.63) is 151 Å². The molecule has 0 fully saturated rings. The molecular weight excluding hydrogens is 564 g/mol. The summed E-state index contributed by atoms with van der Waals surface area (Å²) in [5.41, 5.74) is 8.86. The number of hydrogen-bond acceptors (Lipinski definition) is 5. The second kappa shape index (κ2) is 11.1. The van der Waals surface area contributed by atoms with E-state index >= 15 is 0 Å². The van der Waals surface area contributed by atoms with Crippen LogP contribution in [0.1, 0.15) is 5.56 Å². The molecule has 0 atom stereocenters. The van der Waals surface area contributed by atoms with Crippen LogP contribution < -0.4 is 0 Å². The van der Waals surface area contributed by atoms with Crippen LogP contribution in [0.25, 0.3) is 82.5 Å². The maximum atomic E-state index is 9.22. The number of hydrogen-bond donors (Lipinski definition) is 0. The van der Waals surface area contributed by atoms with Gasteiger partial charge in [-0.15, -0.1) is 0 Å². The van der Waals surface area contributed by atoms with E-state index in [1.165, 1.54) is 0 Å². The highest BCUT2D eigenvalue weighted by molar-refractivity contribution is 6.04. The summed E-state index contributed by atoms with van der Waals surface area (Å²) in [7, 11) is 0. The second-order valence-corrected chi connectivity index (χ2v) is 10.9. The predicted molar refractivity (Wildman–Crippen MR) is 183 cm³/mol. The molecule has 4 heterocycles. The molecule has 0 spiro atoms. The minimum absolute atomic E-state index is 0.607. The lowest BCUT2D eigenvalue weighted by molar-refractivity contribution is 1.24. The SMILES string of the molecule is [C-]#[N+]c1ccc(-c2cnc(-c3ccc4ccc(-c5ncc(-c6ccc(C#N)cc6)c6ccccc56)nc4n3)c3ccccc23)cc1. The van der Waals surface area contributed by atoms with Crippen LogP contribution in [0.4, 0.5) is 5.69 Å². The second-order valence-electron chi connectivity index (χ2n) is 10.9. The van der Waals surface area contributed by atoms with Crippen molar-refractivity contribution in [2.75, 3.05) is 0 Å². The largest absolute Gasteiger partial charge is 0.253 e. The number of aromatic nitrogens is 4. The van der Waals surface area contributed by atoms with Crippen molar-refractivity contribution in [2.45, 2.75) is 0 Å². The Morgan fingerprint density at radius 2 is 1.02 bits per heavy atom. The van der Waals surface area contributed by atoms with E-state index in [2.05, 4.69) is 35.2 Å². The summed E-state index contributed by atoms with van der Waals surface area (Å²) < 4.78 is 0. The molecule has 0 N–H and O–H groups in total. The fraction of sp³-hybridized carbons (Fsp3) is 0. The summed E-state index contributed by atoms with van der Waals surface area (Å²) in [6.07, 6.45) is 3.76. The van der Waals surface area contributed by atoms with Crippen molar-refractivity contribution in [1.29, 1.82) is 5.26 Å². The molecule has 0 amide bonds. The fourth-order valence-electron chi connectivity index (χ4n) is 5.96. The lowest BCUT2D eigenvalue weighted by Crippen LogP contribution is -1.96. The van der Waals surface area contributed by atoms with Gasteiger partial charge in [-0.25, -0.2) is 14.8 Å². The average Bonchev–Trinajstić information content (AvgIpc) is 3.13. The molecule has 6 nitrogen and oxygen atoms in total. The summed E-state index contributed by atoms with van der Waals surface area (Å²) in [4.78, 5) is 23.3. The van der Waals surface area contributed by atoms with Gasteiger partial charge in [-0.05, 0) is 58.3 Å². The fourth-order valence-corrected chi connectivity index (χ4v) is 5.96. The Kier molecular flexibility index (Phi) is 6.45. The molecule has 0 unspecified atom stereocenters. The third kappa shape index (κ3) is 4.59. The first-order valence-electron chi connectivity index (χ1n) is 14.7. The van der Waals surface area contributed by atoms with Crippen LogP contribution in [0.5, 0.6) is 0 Å². The maximum absolute atomic E-state index is 9.22. The quantitative estimate of drug-likeness (QED) is 0.192. The Morgan fingerprint density at radius 3 is 1.50 bits per heavy atom. The molecule has 8 rings (SSSR count). The normalized spacial score (nSPS) is 11.0. The van der Waals surface area contributed by atoms with Gasteiger partial charge in [-0.2, -0.15) is 5.26 Å². The Hall–Kier alpha value is -6.76.